The van der Waals surface area contributed by atoms with Crippen LogP contribution in [0.2, 0.25) is 0 Å². The fraction of sp³-hybridized carbons (Fsp3) is 0.385. The first-order chi connectivity index (χ1) is 8.83. The van der Waals surface area contributed by atoms with E-state index in [4.69, 9.17) is 0 Å². The number of rotatable bonds is 6. The Bertz CT molecular complexity index is 448. The van der Waals surface area contributed by atoms with Crippen LogP contribution >= 0.6 is 11.3 Å². The van der Waals surface area contributed by atoms with E-state index in [0.29, 0.717) is 0 Å². The Kier molecular flexibility index (Phi) is 4.52. The SMILES string of the molecule is CCN(CC)c1ccc(NCc2cscn2)cn1. The van der Waals surface area contributed by atoms with Crippen LogP contribution in [0, 0.1) is 0 Å². The predicted molar refractivity (Wildman–Crippen MR) is 77.2 cm³/mol. The van der Waals surface area contributed by atoms with Gasteiger partial charge in [-0.05, 0) is 26.0 Å². The summed E-state index contributed by atoms with van der Waals surface area (Å²) >= 11 is 1.61. The zero-order valence-corrected chi connectivity index (χ0v) is 11.6. The highest BCUT2D eigenvalue weighted by Gasteiger charge is 2.02. The van der Waals surface area contributed by atoms with Gasteiger partial charge in [-0.1, -0.05) is 0 Å². The van der Waals surface area contributed by atoms with Crippen molar-refractivity contribution < 1.29 is 0 Å². The third-order valence-electron chi connectivity index (χ3n) is 2.79. The van der Waals surface area contributed by atoms with Crippen molar-refractivity contribution in [2.24, 2.45) is 0 Å². The molecule has 18 heavy (non-hydrogen) atoms. The van der Waals surface area contributed by atoms with Gasteiger partial charge in [0.15, 0.2) is 0 Å². The minimum Gasteiger partial charge on any atom is -0.378 e. The van der Waals surface area contributed by atoms with Gasteiger partial charge in [0, 0.05) is 18.5 Å². The van der Waals surface area contributed by atoms with Gasteiger partial charge >= 0.3 is 0 Å². The van der Waals surface area contributed by atoms with Crippen LogP contribution in [-0.2, 0) is 6.54 Å². The van der Waals surface area contributed by atoms with E-state index in [0.717, 1.165) is 36.8 Å². The summed E-state index contributed by atoms with van der Waals surface area (Å²) in [7, 11) is 0. The monoisotopic (exact) mass is 262 g/mol. The lowest BCUT2D eigenvalue weighted by atomic mass is 10.3. The van der Waals surface area contributed by atoms with E-state index in [2.05, 4.69) is 46.2 Å². The third kappa shape index (κ3) is 3.20. The maximum absolute atomic E-state index is 4.47. The van der Waals surface area contributed by atoms with Crippen LogP contribution in [0.3, 0.4) is 0 Å². The molecule has 0 aliphatic rings. The van der Waals surface area contributed by atoms with E-state index in [1.54, 1.807) is 11.3 Å². The zero-order valence-electron chi connectivity index (χ0n) is 10.8. The Balaban J connectivity index is 1.95. The Hall–Kier alpha value is -1.62. The summed E-state index contributed by atoms with van der Waals surface area (Å²) in [6, 6.07) is 4.11. The maximum atomic E-state index is 4.47. The van der Waals surface area contributed by atoms with Gasteiger partial charge < -0.3 is 10.2 Å². The summed E-state index contributed by atoms with van der Waals surface area (Å²) in [5, 5.41) is 5.36. The van der Waals surface area contributed by atoms with Crippen molar-refractivity contribution in [2.45, 2.75) is 20.4 Å². The van der Waals surface area contributed by atoms with Crippen molar-refractivity contribution in [1.29, 1.82) is 0 Å². The summed E-state index contributed by atoms with van der Waals surface area (Å²) in [5.41, 5.74) is 3.94. The van der Waals surface area contributed by atoms with Gasteiger partial charge in [0.05, 0.1) is 29.6 Å². The molecule has 2 rings (SSSR count). The van der Waals surface area contributed by atoms with Crippen LogP contribution in [0.25, 0.3) is 0 Å². The van der Waals surface area contributed by atoms with E-state index in [-0.39, 0.29) is 0 Å². The maximum Gasteiger partial charge on any atom is 0.128 e. The number of hydrogen-bond donors (Lipinski definition) is 1. The normalized spacial score (nSPS) is 10.3. The minimum absolute atomic E-state index is 0.746. The third-order valence-corrected chi connectivity index (χ3v) is 3.43. The van der Waals surface area contributed by atoms with E-state index < -0.39 is 0 Å². The summed E-state index contributed by atoms with van der Waals surface area (Å²) < 4.78 is 0. The molecule has 2 aromatic heterocycles. The Labute approximate surface area is 112 Å². The number of aromatic nitrogens is 2. The number of thiazole rings is 1. The van der Waals surface area contributed by atoms with Crippen LogP contribution < -0.4 is 10.2 Å². The number of anilines is 2. The molecule has 0 saturated carbocycles. The van der Waals surface area contributed by atoms with Gasteiger partial charge in [-0.25, -0.2) is 9.97 Å². The summed E-state index contributed by atoms with van der Waals surface area (Å²) in [5.74, 6) is 1.03. The molecule has 0 bridgehead atoms. The van der Waals surface area contributed by atoms with Gasteiger partial charge in [0.1, 0.15) is 5.82 Å². The lowest BCUT2D eigenvalue weighted by Crippen LogP contribution is -2.22. The lowest BCUT2D eigenvalue weighted by Gasteiger charge is -2.19. The summed E-state index contributed by atoms with van der Waals surface area (Å²) in [6.45, 7) is 6.99. The van der Waals surface area contributed by atoms with Gasteiger partial charge in [0.2, 0.25) is 0 Å². The molecule has 4 nitrogen and oxygen atoms in total. The molecule has 0 aliphatic heterocycles. The van der Waals surface area contributed by atoms with Gasteiger partial charge in [-0.3, -0.25) is 0 Å². The van der Waals surface area contributed by atoms with E-state index in [1.165, 1.54) is 0 Å². The number of nitrogens with one attached hydrogen (secondary N) is 1. The van der Waals surface area contributed by atoms with Crippen LogP contribution in [0.1, 0.15) is 19.5 Å². The van der Waals surface area contributed by atoms with Crippen LogP contribution in [0.15, 0.2) is 29.2 Å². The molecule has 2 heterocycles. The molecule has 0 unspecified atom stereocenters. The van der Waals surface area contributed by atoms with Crippen molar-refractivity contribution in [2.75, 3.05) is 23.3 Å². The van der Waals surface area contributed by atoms with Gasteiger partial charge in [0.25, 0.3) is 0 Å². The van der Waals surface area contributed by atoms with Gasteiger partial charge in [-0.15, -0.1) is 11.3 Å². The van der Waals surface area contributed by atoms with Crippen LogP contribution in [0.4, 0.5) is 11.5 Å². The quantitative estimate of drug-likeness (QED) is 0.869. The van der Waals surface area contributed by atoms with E-state index >= 15 is 0 Å². The molecule has 0 saturated heterocycles. The highest BCUT2D eigenvalue weighted by Crippen LogP contribution is 2.14. The minimum atomic E-state index is 0.746. The topological polar surface area (TPSA) is 41.0 Å². The molecule has 0 atom stereocenters. The molecule has 0 amide bonds. The summed E-state index contributed by atoms with van der Waals surface area (Å²) in [6.07, 6.45) is 1.88. The molecule has 96 valence electrons. The smallest absolute Gasteiger partial charge is 0.128 e. The van der Waals surface area contributed by atoms with Gasteiger partial charge in [-0.2, -0.15) is 0 Å². The van der Waals surface area contributed by atoms with Crippen molar-refractivity contribution in [1.82, 2.24) is 9.97 Å². The predicted octanol–water partition coefficient (Wildman–Crippen LogP) is 3.00. The first-order valence-electron chi connectivity index (χ1n) is 6.15. The van der Waals surface area contributed by atoms with Crippen molar-refractivity contribution >= 4 is 22.8 Å². The van der Waals surface area contributed by atoms with Crippen molar-refractivity contribution in [3.05, 3.63) is 34.9 Å². The highest BCUT2D eigenvalue weighted by atomic mass is 32.1. The standard InChI is InChI=1S/C13H18N4S/c1-3-17(4-2)13-6-5-11(7-15-13)14-8-12-9-18-10-16-12/h5-7,9-10,14H,3-4,8H2,1-2H3. The number of pyridine rings is 1. The van der Waals surface area contributed by atoms with Crippen LogP contribution in [0.5, 0.6) is 0 Å². The van der Waals surface area contributed by atoms with E-state index in [1.807, 2.05) is 17.1 Å². The van der Waals surface area contributed by atoms with E-state index in [9.17, 15) is 0 Å². The molecule has 0 spiro atoms. The number of nitrogens with zero attached hydrogens (tertiary/aromatic N) is 3. The second kappa shape index (κ2) is 6.35. The second-order valence-corrected chi connectivity index (χ2v) is 4.63. The largest absolute Gasteiger partial charge is 0.378 e. The van der Waals surface area contributed by atoms with Crippen molar-refractivity contribution in [3.63, 3.8) is 0 Å². The Morgan fingerprint density at radius 3 is 2.61 bits per heavy atom. The Morgan fingerprint density at radius 1 is 1.22 bits per heavy atom. The molecule has 5 heteroatoms. The molecular formula is C13H18N4S. The zero-order chi connectivity index (χ0) is 12.8. The first kappa shape index (κ1) is 12.8. The molecular weight excluding hydrogens is 244 g/mol. The second-order valence-electron chi connectivity index (χ2n) is 3.91. The number of hydrogen-bond acceptors (Lipinski definition) is 5. The molecule has 0 aliphatic carbocycles. The van der Waals surface area contributed by atoms with Crippen molar-refractivity contribution in [3.8, 4) is 0 Å². The average molecular weight is 262 g/mol. The highest BCUT2D eigenvalue weighted by molar-refractivity contribution is 7.07. The molecule has 0 aromatic carbocycles. The fourth-order valence-corrected chi connectivity index (χ4v) is 2.30. The molecule has 2 aromatic rings. The van der Waals surface area contributed by atoms with Crippen LogP contribution in [-0.4, -0.2) is 23.1 Å². The molecule has 0 fully saturated rings. The lowest BCUT2D eigenvalue weighted by molar-refractivity contribution is 0.846. The molecule has 1 N–H and O–H groups in total. The first-order valence-corrected chi connectivity index (χ1v) is 7.09. The fourth-order valence-electron chi connectivity index (χ4n) is 1.74. The summed E-state index contributed by atoms with van der Waals surface area (Å²) in [4.78, 5) is 10.9. The average Bonchev–Trinajstić information content (AvgIpc) is 2.92. The molecule has 0 radical (unpaired) electrons. The Morgan fingerprint density at radius 2 is 2.06 bits per heavy atom.